The smallest absolute Gasteiger partial charge is 0.223 e. The number of likely N-dealkylation sites (tertiary alicyclic amines) is 1. The highest BCUT2D eigenvalue weighted by Crippen LogP contribution is 2.19. The predicted molar refractivity (Wildman–Crippen MR) is 64.9 cm³/mol. The van der Waals surface area contributed by atoms with Gasteiger partial charge in [0.2, 0.25) is 5.91 Å². The largest absolute Gasteiger partial charge is 0.342 e. The molecule has 0 spiro atoms. The first kappa shape index (κ1) is 12.7. The Labute approximate surface area is 105 Å². The van der Waals surface area contributed by atoms with Crippen LogP contribution in [0.2, 0.25) is 0 Å². The summed E-state index contributed by atoms with van der Waals surface area (Å²) in [5, 5.41) is 0. The molecular weight excluding hydrogens is 236 g/mol. The lowest BCUT2D eigenvalue weighted by molar-refractivity contribution is -0.127. The van der Waals surface area contributed by atoms with Crippen LogP contribution in [0.3, 0.4) is 0 Å². The zero-order valence-electron chi connectivity index (χ0n) is 10.0. The van der Waals surface area contributed by atoms with Crippen LogP contribution in [0.5, 0.6) is 0 Å². The summed E-state index contributed by atoms with van der Waals surface area (Å²) in [7, 11) is 0. The number of amides is 1. The number of rotatable bonds is 4. The summed E-state index contributed by atoms with van der Waals surface area (Å²) in [6.45, 7) is 4.82. The Morgan fingerprint density at radius 3 is 2.56 bits per heavy atom. The molecule has 1 aliphatic heterocycles. The number of hydrogen-bond acceptors (Lipinski definition) is 1. The van der Waals surface area contributed by atoms with E-state index in [-0.39, 0.29) is 11.8 Å². The van der Waals surface area contributed by atoms with Gasteiger partial charge in [-0.2, -0.15) is 0 Å². The molecule has 0 saturated carbocycles. The van der Waals surface area contributed by atoms with Gasteiger partial charge in [0.1, 0.15) is 11.6 Å². The van der Waals surface area contributed by atoms with E-state index >= 15 is 0 Å². The molecule has 1 aromatic carbocycles. The number of hydrogen-bond donors (Lipinski definition) is 0. The molecule has 1 unspecified atom stereocenters. The van der Waals surface area contributed by atoms with Crippen LogP contribution in [-0.4, -0.2) is 23.9 Å². The van der Waals surface area contributed by atoms with E-state index in [2.05, 4.69) is 6.58 Å². The molecule has 2 rings (SSSR count). The molecule has 1 heterocycles. The lowest BCUT2D eigenvalue weighted by Gasteiger charge is -2.15. The van der Waals surface area contributed by atoms with Crippen molar-refractivity contribution < 1.29 is 13.6 Å². The van der Waals surface area contributed by atoms with Crippen LogP contribution in [0, 0.1) is 17.6 Å². The molecule has 96 valence electrons. The zero-order chi connectivity index (χ0) is 13.1. The Morgan fingerprint density at radius 1 is 1.33 bits per heavy atom. The fourth-order valence-corrected chi connectivity index (χ4v) is 2.20. The maximum atomic E-state index is 13.0. The van der Waals surface area contributed by atoms with Crippen LogP contribution < -0.4 is 0 Å². The maximum Gasteiger partial charge on any atom is 0.223 e. The molecule has 0 radical (unpaired) electrons. The van der Waals surface area contributed by atoms with Crippen molar-refractivity contribution >= 4 is 5.91 Å². The molecule has 0 aliphatic carbocycles. The van der Waals surface area contributed by atoms with Crippen molar-refractivity contribution in [3.63, 3.8) is 0 Å². The Hall–Kier alpha value is -1.71. The standard InChI is InChI=1S/C14H15F2NO/c1-2-10-7-14(18)17(9-10)4-3-11-5-12(15)8-13(16)6-11/h2,5-6,8,10H,1,3-4,7,9H2. The molecule has 1 aliphatic rings. The molecule has 1 fully saturated rings. The van der Waals surface area contributed by atoms with E-state index in [0.29, 0.717) is 31.5 Å². The van der Waals surface area contributed by atoms with Crippen molar-refractivity contribution in [2.45, 2.75) is 12.8 Å². The molecular formula is C14H15F2NO. The lowest BCUT2D eigenvalue weighted by Crippen LogP contribution is -2.27. The van der Waals surface area contributed by atoms with Crippen molar-refractivity contribution in [1.29, 1.82) is 0 Å². The van der Waals surface area contributed by atoms with E-state index in [9.17, 15) is 13.6 Å². The first-order valence-corrected chi connectivity index (χ1v) is 5.94. The third-order valence-corrected chi connectivity index (χ3v) is 3.17. The van der Waals surface area contributed by atoms with Crippen molar-refractivity contribution in [1.82, 2.24) is 4.90 Å². The molecule has 4 heteroatoms. The number of carbonyl (C=O) groups excluding carboxylic acids is 1. The SMILES string of the molecule is C=CC1CC(=O)N(CCc2cc(F)cc(F)c2)C1. The number of carbonyl (C=O) groups is 1. The van der Waals surface area contributed by atoms with Crippen LogP contribution in [0.4, 0.5) is 8.78 Å². The van der Waals surface area contributed by atoms with E-state index in [4.69, 9.17) is 0 Å². The minimum Gasteiger partial charge on any atom is -0.342 e. The van der Waals surface area contributed by atoms with Crippen molar-refractivity contribution in [3.8, 4) is 0 Å². The second kappa shape index (κ2) is 5.29. The summed E-state index contributed by atoms with van der Waals surface area (Å²) >= 11 is 0. The topological polar surface area (TPSA) is 20.3 Å². The zero-order valence-corrected chi connectivity index (χ0v) is 10.0. The molecule has 0 N–H and O–H groups in total. The van der Waals surface area contributed by atoms with Crippen molar-refractivity contribution in [2.75, 3.05) is 13.1 Å². The Bertz CT molecular complexity index is 453. The molecule has 0 bridgehead atoms. The third kappa shape index (κ3) is 2.94. The van der Waals surface area contributed by atoms with E-state index in [1.54, 1.807) is 11.0 Å². The van der Waals surface area contributed by atoms with Crippen molar-refractivity contribution in [3.05, 3.63) is 48.1 Å². The average Bonchev–Trinajstić information content (AvgIpc) is 2.66. The van der Waals surface area contributed by atoms with Crippen LogP contribution in [0.1, 0.15) is 12.0 Å². The molecule has 1 aromatic rings. The van der Waals surface area contributed by atoms with E-state index in [1.165, 1.54) is 12.1 Å². The van der Waals surface area contributed by atoms with E-state index in [0.717, 1.165) is 6.07 Å². The second-order valence-electron chi connectivity index (χ2n) is 4.57. The van der Waals surface area contributed by atoms with Gasteiger partial charge in [-0.15, -0.1) is 6.58 Å². The average molecular weight is 251 g/mol. The maximum absolute atomic E-state index is 13.0. The molecule has 1 amide bonds. The van der Waals surface area contributed by atoms with Gasteiger partial charge < -0.3 is 4.90 Å². The number of benzene rings is 1. The Balaban J connectivity index is 1.95. The van der Waals surface area contributed by atoms with Gasteiger partial charge in [0.05, 0.1) is 0 Å². The summed E-state index contributed by atoms with van der Waals surface area (Å²) in [5.41, 5.74) is 0.572. The quantitative estimate of drug-likeness (QED) is 0.753. The monoisotopic (exact) mass is 251 g/mol. The van der Waals surface area contributed by atoms with Crippen molar-refractivity contribution in [2.24, 2.45) is 5.92 Å². The molecule has 18 heavy (non-hydrogen) atoms. The summed E-state index contributed by atoms with van der Waals surface area (Å²) in [4.78, 5) is 13.3. The second-order valence-corrected chi connectivity index (χ2v) is 4.57. The van der Waals surface area contributed by atoms with Gasteiger partial charge in [-0.1, -0.05) is 6.08 Å². The lowest BCUT2D eigenvalue weighted by atomic mass is 10.1. The van der Waals surface area contributed by atoms with Crippen LogP contribution in [0.15, 0.2) is 30.9 Å². The minimum atomic E-state index is -0.582. The Kier molecular flexibility index (Phi) is 3.75. The number of halogens is 2. The van der Waals surface area contributed by atoms with Gasteiger partial charge in [0.15, 0.2) is 0 Å². The molecule has 2 nitrogen and oxygen atoms in total. The summed E-state index contributed by atoms with van der Waals surface area (Å²) in [5.74, 6) is -0.887. The predicted octanol–water partition coefficient (Wildman–Crippen LogP) is 2.54. The van der Waals surface area contributed by atoms with Crippen LogP contribution >= 0.6 is 0 Å². The van der Waals surface area contributed by atoms with E-state index in [1.807, 2.05) is 0 Å². The summed E-state index contributed by atoms with van der Waals surface area (Å²) < 4.78 is 26.0. The van der Waals surface area contributed by atoms with Crippen LogP contribution in [-0.2, 0) is 11.2 Å². The first-order valence-electron chi connectivity index (χ1n) is 5.94. The fraction of sp³-hybridized carbons (Fsp3) is 0.357. The highest BCUT2D eigenvalue weighted by Gasteiger charge is 2.26. The highest BCUT2D eigenvalue weighted by atomic mass is 19.1. The summed E-state index contributed by atoms with van der Waals surface area (Å²) in [6, 6.07) is 3.45. The minimum absolute atomic E-state index is 0.0803. The molecule has 0 aromatic heterocycles. The first-order chi connectivity index (χ1) is 8.58. The van der Waals surface area contributed by atoms with Gasteiger partial charge in [-0.3, -0.25) is 4.79 Å². The van der Waals surface area contributed by atoms with Gasteiger partial charge in [0, 0.05) is 31.5 Å². The number of nitrogens with zero attached hydrogens (tertiary/aromatic N) is 1. The fourth-order valence-electron chi connectivity index (χ4n) is 2.20. The summed E-state index contributed by atoms with van der Waals surface area (Å²) in [6.07, 6.45) is 2.73. The third-order valence-electron chi connectivity index (χ3n) is 3.17. The Morgan fingerprint density at radius 2 is 2.00 bits per heavy atom. The van der Waals surface area contributed by atoms with Crippen LogP contribution in [0.25, 0.3) is 0 Å². The van der Waals surface area contributed by atoms with Gasteiger partial charge in [-0.25, -0.2) is 8.78 Å². The van der Waals surface area contributed by atoms with Gasteiger partial charge >= 0.3 is 0 Å². The molecule has 1 atom stereocenters. The molecule has 1 saturated heterocycles. The van der Waals surface area contributed by atoms with Gasteiger partial charge in [-0.05, 0) is 24.1 Å². The van der Waals surface area contributed by atoms with Gasteiger partial charge in [0.25, 0.3) is 0 Å². The highest BCUT2D eigenvalue weighted by molar-refractivity contribution is 5.79. The van der Waals surface area contributed by atoms with E-state index < -0.39 is 11.6 Å². The normalized spacial score (nSPS) is 19.3.